The van der Waals surface area contributed by atoms with E-state index in [9.17, 15) is 9.18 Å². The number of amides is 1. The first-order valence-corrected chi connectivity index (χ1v) is 10.9. The summed E-state index contributed by atoms with van der Waals surface area (Å²) in [5.74, 6) is -0.328. The lowest BCUT2D eigenvalue weighted by atomic mass is 9.99. The molecule has 30 heavy (non-hydrogen) atoms. The summed E-state index contributed by atoms with van der Waals surface area (Å²) in [7, 11) is 0. The molecule has 1 N–H and O–H groups in total. The number of nitrogens with zero attached hydrogens (tertiary/aromatic N) is 1. The highest BCUT2D eigenvalue weighted by Gasteiger charge is 2.05. The van der Waals surface area contributed by atoms with Gasteiger partial charge in [0, 0.05) is 24.5 Å². The third-order valence-corrected chi connectivity index (χ3v) is 5.02. The summed E-state index contributed by atoms with van der Waals surface area (Å²) in [6.07, 6.45) is 16.2. The van der Waals surface area contributed by atoms with E-state index < -0.39 is 0 Å². The second-order valence-electron chi connectivity index (χ2n) is 7.68. The number of benzene rings is 1. The first-order chi connectivity index (χ1) is 14.6. The van der Waals surface area contributed by atoms with Gasteiger partial charge in [-0.2, -0.15) is 0 Å². The van der Waals surface area contributed by atoms with Gasteiger partial charge in [-0.05, 0) is 73.9 Å². The van der Waals surface area contributed by atoms with Crippen molar-refractivity contribution in [2.75, 3.05) is 0 Å². The molecule has 0 fully saturated rings. The molecular formula is C26H33FN2O. The number of allylic oxidation sites excluding steroid dienone is 3. The average molecular weight is 409 g/mol. The van der Waals surface area contributed by atoms with Crippen LogP contribution >= 0.6 is 0 Å². The summed E-state index contributed by atoms with van der Waals surface area (Å²) in [6.45, 7) is 4.20. The van der Waals surface area contributed by atoms with Crippen LogP contribution in [0.15, 0.2) is 67.0 Å². The van der Waals surface area contributed by atoms with Crippen LogP contribution in [0.3, 0.4) is 0 Å². The predicted octanol–water partition coefficient (Wildman–Crippen LogP) is 6.27. The third kappa shape index (κ3) is 9.17. The van der Waals surface area contributed by atoms with Crippen molar-refractivity contribution < 1.29 is 9.18 Å². The van der Waals surface area contributed by atoms with Gasteiger partial charge in [-0.25, -0.2) is 4.39 Å². The zero-order chi connectivity index (χ0) is 21.6. The molecule has 0 unspecified atom stereocenters. The number of pyridine rings is 1. The summed E-state index contributed by atoms with van der Waals surface area (Å²) in [5.41, 5.74) is 3.34. The molecule has 0 aliphatic heterocycles. The molecule has 2 aromatic rings. The fourth-order valence-corrected chi connectivity index (χ4v) is 3.33. The van der Waals surface area contributed by atoms with Crippen LogP contribution in [0, 0.1) is 5.82 Å². The fourth-order valence-electron chi connectivity index (χ4n) is 3.33. The minimum Gasteiger partial charge on any atom is -0.350 e. The average Bonchev–Trinajstić information content (AvgIpc) is 2.74. The normalized spacial score (nSPS) is 12.8. The predicted molar refractivity (Wildman–Crippen MR) is 122 cm³/mol. The maximum Gasteiger partial charge on any atom is 0.244 e. The van der Waals surface area contributed by atoms with Gasteiger partial charge in [0.25, 0.3) is 0 Å². The zero-order valence-corrected chi connectivity index (χ0v) is 18.1. The van der Waals surface area contributed by atoms with Gasteiger partial charge in [0.05, 0.1) is 0 Å². The summed E-state index contributed by atoms with van der Waals surface area (Å²) in [6, 6.07) is 10.7. The van der Waals surface area contributed by atoms with Crippen LogP contribution in [0.5, 0.6) is 0 Å². The lowest BCUT2D eigenvalue weighted by molar-refractivity contribution is -0.117. The molecule has 0 radical (unpaired) electrons. The standard InChI is InChI=1S/C26H33FN2O/c1-3-4-5-12-23(24-15-17-25(27)18-16-24)13-7-14-26(30)29-21(2)9-6-10-22-11-8-19-28-20-22/h7-8,11,13-21H,3-6,9-10,12H2,1-2H3,(H,29,30)/t21-/m1/s1. The maximum absolute atomic E-state index is 13.2. The lowest BCUT2D eigenvalue weighted by Gasteiger charge is -2.12. The molecule has 0 spiro atoms. The Balaban J connectivity index is 1.84. The third-order valence-electron chi connectivity index (χ3n) is 5.02. The van der Waals surface area contributed by atoms with E-state index in [1.54, 1.807) is 30.5 Å². The number of carbonyl (C=O) groups is 1. The molecule has 1 aromatic heterocycles. The summed E-state index contributed by atoms with van der Waals surface area (Å²) < 4.78 is 13.2. The maximum atomic E-state index is 13.2. The molecule has 1 atom stereocenters. The quantitative estimate of drug-likeness (QED) is 0.255. The molecule has 0 bridgehead atoms. The van der Waals surface area contributed by atoms with Crippen molar-refractivity contribution in [2.45, 2.75) is 64.8 Å². The minimum atomic E-state index is -0.237. The minimum absolute atomic E-state index is 0.0906. The van der Waals surface area contributed by atoms with Crippen LogP contribution in [-0.4, -0.2) is 16.9 Å². The van der Waals surface area contributed by atoms with Gasteiger partial charge in [-0.1, -0.05) is 50.1 Å². The Bertz CT molecular complexity index is 813. The molecule has 4 heteroatoms. The van der Waals surface area contributed by atoms with Gasteiger partial charge < -0.3 is 5.32 Å². The number of nitrogens with one attached hydrogen (secondary N) is 1. The molecule has 0 aliphatic carbocycles. The van der Waals surface area contributed by atoms with Crippen LogP contribution in [0.1, 0.15) is 63.5 Å². The number of carbonyl (C=O) groups excluding carboxylic acids is 1. The molecule has 0 aliphatic rings. The highest BCUT2D eigenvalue weighted by Crippen LogP contribution is 2.22. The van der Waals surface area contributed by atoms with Crippen LogP contribution in [0.2, 0.25) is 0 Å². The smallest absolute Gasteiger partial charge is 0.244 e. The molecule has 3 nitrogen and oxygen atoms in total. The Morgan fingerprint density at radius 3 is 2.67 bits per heavy atom. The Kier molecular flexibility index (Phi) is 10.6. The van der Waals surface area contributed by atoms with E-state index in [0.717, 1.165) is 56.1 Å². The monoisotopic (exact) mass is 408 g/mol. The van der Waals surface area contributed by atoms with Gasteiger partial charge in [0.15, 0.2) is 0 Å². The topological polar surface area (TPSA) is 42.0 Å². The van der Waals surface area contributed by atoms with Gasteiger partial charge in [0.2, 0.25) is 5.91 Å². The second-order valence-corrected chi connectivity index (χ2v) is 7.68. The van der Waals surface area contributed by atoms with E-state index in [-0.39, 0.29) is 17.8 Å². The number of unbranched alkanes of at least 4 members (excludes halogenated alkanes) is 2. The van der Waals surface area contributed by atoms with E-state index in [0.29, 0.717) is 0 Å². The lowest BCUT2D eigenvalue weighted by Crippen LogP contribution is -2.31. The van der Waals surface area contributed by atoms with E-state index in [4.69, 9.17) is 0 Å². The Hall–Kier alpha value is -2.75. The Labute approximate surface area is 180 Å². The zero-order valence-electron chi connectivity index (χ0n) is 18.1. The second kappa shape index (κ2) is 13.5. The summed E-state index contributed by atoms with van der Waals surface area (Å²) >= 11 is 0. The number of hydrogen-bond donors (Lipinski definition) is 1. The van der Waals surface area contributed by atoms with E-state index >= 15 is 0 Å². The van der Waals surface area contributed by atoms with E-state index in [1.807, 2.05) is 25.3 Å². The highest BCUT2D eigenvalue weighted by atomic mass is 19.1. The molecular weight excluding hydrogens is 375 g/mol. The highest BCUT2D eigenvalue weighted by molar-refractivity contribution is 5.88. The number of aromatic nitrogens is 1. The first-order valence-electron chi connectivity index (χ1n) is 10.9. The molecule has 0 saturated heterocycles. The molecule has 1 heterocycles. The number of rotatable bonds is 12. The largest absolute Gasteiger partial charge is 0.350 e. The van der Waals surface area contributed by atoms with Gasteiger partial charge >= 0.3 is 0 Å². The van der Waals surface area contributed by atoms with E-state index in [2.05, 4.69) is 23.3 Å². The van der Waals surface area contributed by atoms with Crippen molar-refractivity contribution in [3.63, 3.8) is 0 Å². The molecule has 160 valence electrons. The SMILES string of the molecule is CCCCCC(=CC=CC(=O)N[C@H](C)CCCc1cccnc1)c1ccc(F)cc1. The van der Waals surface area contributed by atoms with Gasteiger partial charge in [-0.15, -0.1) is 0 Å². The van der Waals surface area contributed by atoms with Crippen molar-refractivity contribution in [2.24, 2.45) is 0 Å². The Morgan fingerprint density at radius 1 is 1.17 bits per heavy atom. The van der Waals surface area contributed by atoms with Crippen LogP contribution in [0.25, 0.3) is 5.57 Å². The van der Waals surface area contributed by atoms with Crippen LogP contribution in [0.4, 0.5) is 4.39 Å². The van der Waals surface area contributed by atoms with Crippen molar-refractivity contribution in [3.05, 3.63) is 84.0 Å². The van der Waals surface area contributed by atoms with Crippen molar-refractivity contribution in [1.82, 2.24) is 10.3 Å². The first kappa shape index (κ1) is 23.5. The van der Waals surface area contributed by atoms with Crippen molar-refractivity contribution in [3.8, 4) is 0 Å². The van der Waals surface area contributed by atoms with E-state index in [1.165, 1.54) is 17.7 Å². The molecule has 1 amide bonds. The molecule has 0 saturated carbocycles. The van der Waals surface area contributed by atoms with Gasteiger partial charge in [-0.3, -0.25) is 9.78 Å². The summed E-state index contributed by atoms with van der Waals surface area (Å²) in [5, 5.41) is 3.02. The van der Waals surface area contributed by atoms with Crippen molar-refractivity contribution in [1.29, 1.82) is 0 Å². The Morgan fingerprint density at radius 2 is 1.97 bits per heavy atom. The summed E-state index contributed by atoms with van der Waals surface area (Å²) in [4.78, 5) is 16.3. The number of hydrogen-bond acceptors (Lipinski definition) is 2. The molecule has 1 aromatic carbocycles. The molecule has 2 rings (SSSR count). The fraction of sp³-hybridized carbons (Fsp3) is 0.385. The van der Waals surface area contributed by atoms with Gasteiger partial charge in [0.1, 0.15) is 5.82 Å². The van der Waals surface area contributed by atoms with Crippen molar-refractivity contribution >= 4 is 11.5 Å². The van der Waals surface area contributed by atoms with Crippen LogP contribution in [-0.2, 0) is 11.2 Å². The number of aryl methyl sites for hydroxylation is 1. The number of halogens is 1. The van der Waals surface area contributed by atoms with Crippen LogP contribution < -0.4 is 5.32 Å².